The predicted molar refractivity (Wildman–Crippen MR) is 76.9 cm³/mol. The second kappa shape index (κ2) is 5.49. The first-order valence-electron chi connectivity index (χ1n) is 7.18. The van der Waals surface area contributed by atoms with E-state index in [2.05, 4.69) is 18.7 Å². The van der Waals surface area contributed by atoms with E-state index in [1.165, 1.54) is 12.5 Å². The van der Waals surface area contributed by atoms with Gasteiger partial charge < -0.3 is 10.0 Å². The van der Waals surface area contributed by atoms with Gasteiger partial charge in [0.25, 0.3) is 0 Å². The van der Waals surface area contributed by atoms with Crippen LogP contribution >= 0.6 is 0 Å². The fraction of sp³-hybridized carbons (Fsp3) is 0.625. The molecule has 0 unspecified atom stereocenters. The van der Waals surface area contributed by atoms with Crippen molar-refractivity contribution in [3.63, 3.8) is 0 Å². The van der Waals surface area contributed by atoms with Gasteiger partial charge in [-0.25, -0.2) is 4.39 Å². The Morgan fingerprint density at radius 2 is 2.00 bits per heavy atom. The number of hydrogen-bond acceptors (Lipinski definition) is 2. The third-order valence-electron chi connectivity index (χ3n) is 4.61. The van der Waals surface area contributed by atoms with E-state index in [-0.39, 0.29) is 5.82 Å². The van der Waals surface area contributed by atoms with Crippen LogP contribution in [-0.2, 0) is 0 Å². The maximum atomic E-state index is 13.9. The van der Waals surface area contributed by atoms with Gasteiger partial charge in [0.2, 0.25) is 0 Å². The summed E-state index contributed by atoms with van der Waals surface area (Å²) in [5, 5.41) is 9.80. The fourth-order valence-electron chi connectivity index (χ4n) is 2.86. The highest BCUT2D eigenvalue weighted by atomic mass is 19.1. The quantitative estimate of drug-likeness (QED) is 0.896. The lowest BCUT2D eigenvalue weighted by molar-refractivity contribution is 0.193. The summed E-state index contributed by atoms with van der Waals surface area (Å²) in [5.41, 5.74) is 1.70. The Morgan fingerprint density at radius 1 is 1.37 bits per heavy atom. The molecule has 0 bridgehead atoms. The number of aliphatic hydroxyl groups excluding tert-OH is 1. The molecule has 0 amide bonds. The molecular weight excluding hydrogens is 241 g/mol. The van der Waals surface area contributed by atoms with Crippen molar-refractivity contribution in [2.24, 2.45) is 5.41 Å². The number of halogens is 1. The topological polar surface area (TPSA) is 23.5 Å². The van der Waals surface area contributed by atoms with Crippen LogP contribution in [0.15, 0.2) is 18.2 Å². The van der Waals surface area contributed by atoms with E-state index in [1.807, 2.05) is 6.07 Å². The van der Waals surface area contributed by atoms with Crippen molar-refractivity contribution in [1.29, 1.82) is 0 Å². The van der Waals surface area contributed by atoms with Crippen LogP contribution in [0.5, 0.6) is 0 Å². The third kappa shape index (κ3) is 2.92. The zero-order chi connectivity index (χ0) is 14.0. The number of rotatable bonds is 3. The molecular formula is C16H24FNO. The average molecular weight is 265 g/mol. The van der Waals surface area contributed by atoms with Crippen LogP contribution in [0, 0.1) is 11.2 Å². The largest absolute Gasteiger partial charge is 0.389 e. The van der Waals surface area contributed by atoms with Gasteiger partial charge in [0, 0.05) is 24.3 Å². The number of piperidine rings is 1. The van der Waals surface area contributed by atoms with Crippen LogP contribution in [0.2, 0.25) is 0 Å². The highest BCUT2D eigenvalue weighted by Gasteiger charge is 2.29. The second-order valence-corrected chi connectivity index (χ2v) is 6.00. The summed E-state index contributed by atoms with van der Waals surface area (Å²) in [6.07, 6.45) is 2.67. The molecule has 1 aliphatic rings. The Bertz CT molecular complexity index is 436. The van der Waals surface area contributed by atoms with E-state index >= 15 is 0 Å². The van der Waals surface area contributed by atoms with Gasteiger partial charge in [0.05, 0.1) is 6.10 Å². The first kappa shape index (κ1) is 14.3. The molecule has 1 aliphatic heterocycles. The number of anilines is 1. The van der Waals surface area contributed by atoms with E-state index in [0.717, 1.165) is 31.6 Å². The lowest BCUT2D eigenvalue weighted by atomic mass is 9.78. The van der Waals surface area contributed by atoms with E-state index < -0.39 is 6.10 Å². The van der Waals surface area contributed by atoms with Crippen LogP contribution in [-0.4, -0.2) is 18.2 Å². The van der Waals surface area contributed by atoms with Gasteiger partial charge in [-0.2, -0.15) is 0 Å². The summed E-state index contributed by atoms with van der Waals surface area (Å²) in [6, 6.07) is 5.07. The Balaban J connectivity index is 2.22. The van der Waals surface area contributed by atoms with Gasteiger partial charge >= 0.3 is 0 Å². The summed E-state index contributed by atoms with van der Waals surface area (Å²) < 4.78 is 13.9. The molecule has 2 nitrogen and oxygen atoms in total. The minimum atomic E-state index is -0.768. The number of aliphatic hydroxyl groups is 1. The minimum absolute atomic E-state index is 0.309. The molecule has 0 aromatic heterocycles. The van der Waals surface area contributed by atoms with Crippen molar-refractivity contribution in [3.8, 4) is 0 Å². The zero-order valence-electron chi connectivity index (χ0n) is 12.1. The van der Waals surface area contributed by atoms with Crippen LogP contribution < -0.4 is 4.90 Å². The average Bonchev–Trinajstić information content (AvgIpc) is 2.39. The smallest absolute Gasteiger partial charge is 0.131 e. The molecule has 0 radical (unpaired) electrons. The molecule has 1 fully saturated rings. The summed E-state index contributed by atoms with van der Waals surface area (Å²) in [7, 11) is 0. The van der Waals surface area contributed by atoms with Crippen LogP contribution in [0.1, 0.15) is 51.7 Å². The van der Waals surface area contributed by atoms with Crippen molar-refractivity contribution in [2.75, 3.05) is 18.0 Å². The normalized spacial score (nSPS) is 20.4. The van der Waals surface area contributed by atoms with E-state index in [1.54, 1.807) is 13.0 Å². The minimum Gasteiger partial charge on any atom is -0.389 e. The molecule has 1 aromatic carbocycles. The maximum Gasteiger partial charge on any atom is 0.131 e. The lowest BCUT2D eigenvalue weighted by Crippen LogP contribution is -2.39. The van der Waals surface area contributed by atoms with Crippen molar-refractivity contribution in [1.82, 2.24) is 0 Å². The standard InChI is InChI=1S/C16H24FNO/c1-4-16(3)8-10-18(11-9-16)14-7-5-6-13(17)15(14)12(2)19/h5-7,12,19H,4,8-11H2,1-3H3/t12-/m0/s1. The van der Waals surface area contributed by atoms with Gasteiger partial charge in [0.1, 0.15) is 5.82 Å². The van der Waals surface area contributed by atoms with Crippen molar-refractivity contribution in [2.45, 2.75) is 46.1 Å². The van der Waals surface area contributed by atoms with Crippen molar-refractivity contribution >= 4 is 5.69 Å². The number of nitrogens with zero attached hydrogens (tertiary/aromatic N) is 1. The van der Waals surface area contributed by atoms with Crippen LogP contribution in [0.25, 0.3) is 0 Å². The lowest BCUT2D eigenvalue weighted by Gasteiger charge is -2.41. The monoisotopic (exact) mass is 265 g/mol. The SMILES string of the molecule is CCC1(C)CCN(c2cccc(F)c2[C@H](C)O)CC1. The summed E-state index contributed by atoms with van der Waals surface area (Å²) in [4.78, 5) is 2.21. The summed E-state index contributed by atoms with van der Waals surface area (Å²) in [6.45, 7) is 8.06. The molecule has 1 heterocycles. The molecule has 106 valence electrons. The molecule has 1 aromatic rings. The van der Waals surface area contributed by atoms with Crippen LogP contribution in [0.4, 0.5) is 10.1 Å². The van der Waals surface area contributed by atoms with Gasteiger partial charge in [-0.1, -0.05) is 26.3 Å². The Labute approximate surface area is 115 Å². The molecule has 1 N–H and O–H groups in total. The van der Waals surface area contributed by atoms with E-state index in [9.17, 15) is 9.50 Å². The van der Waals surface area contributed by atoms with Crippen molar-refractivity contribution < 1.29 is 9.50 Å². The van der Waals surface area contributed by atoms with Crippen molar-refractivity contribution in [3.05, 3.63) is 29.6 Å². The zero-order valence-corrected chi connectivity index (χ0v) is 12.1. The first-order valence-corrected chi connectivity index (χ1v) is 7.18. The van der Waals surface area contributed by atoms with E-state index in [0.29, 0.717) is 11.0 Å². The van der Waals surface area contributed by atoms with Crippen LogP contribution in [0.3, 0.4) is 0 Å². The highest BCUT2D eigenvalue weighted by molar-refractivity contribution is 5.55. The number of hydrogen-bond donors (Lipinski definition) is 1. The summed E-state index contributed by atoms with van der Waals surface area (Å²) >= 11 is 0. The molecule has 1 atom stereocenters. The molecule has 0 spiro atoms. The Kier molecular flexibility index (Phi) is 4.14. The van der Waals surface area contributed by atoms with Gasteiger partial charge in [-0.15, -0.1) is 0 Å². The van der Waals surface area contributed by atoms with Gasteiger partial charge in [-0.3, -0.25) is 0 Å². The Hall–Kier alpha value is -1.09. The predicted octanol–water partition coefficient (Wildman–Crippen LogP) is 3.90. The Morgan fingerprint density at radius 3 is 2.53 bits per heavy atom. The first-order chi connectivity index (χ1) is 8.97. The summed E-state index contributed by atoms with van der Waals surface area (Å²) in [5.74, 6) is -0.309. The van der Waals surface area contributed by atoms with Gasteiger partial charge in [-0.05, 0) is 37.3 Å². The molecule has 1 saturated heterocycles. The second-order valence-electron chi connectivity index (χ2n) is 6.00. The maximum absolute atomic E-state index is 13.9. The molecule has 0 saturated carbocycles. The molecule has 19 heavy (non-hydrogen) atoms. The van der Waals surface area contributed by atoms with Gasteiger partial charge in [0.15, 0.2) is 0 Å². The number of benzene rings is 1. The fourth-order valence-corrected chi connectivity index (χ4v) is 2.86. The van der Waals surface area contributed by atoms with E-state index in [4.69, 9.17) is 0 Å². The molecule has 2 rings (SSSR count). The highest BCUT2D eigenvalue weighted by Crippen LogP contribution is 2.37. The molecule has 0 aliphatic carbocycles. The third-order valence-corrected chi connectivity index (χ3v) is 4.61. The molecule has 3 heteroatoms.